The number of carbonyl (C=O) groups excluding carboxylic acids is 1. The molecule has 2 aromatic carbocycles. The van der Waals surface area contributed by atoms with Crippen LogP contribution in [0.5, 0.6) is 0 Å². The zero-order valence-electron chi connectivity index (χ0n) is 14.0. The van der Waals surface area contributed by atoms with E-state index < -0.39 is 0 Å². The second-order valence-electron chi connectivity index (χ2n) is 5.89. The highest BCUT2D eigenvalue weighted by molar-refractivity contribution is 6.30. The van der Waals surface area contributed by atoms with Gasteiger partial charge in [-0.2, -0.15) is 0 Å². The zero-order valence-corrected chi connectivity index (χ0v) is 14.7. The van der Waals surface area contributed by atoms with Crippen LogP contribution < -0.4 is 10.9 Å². The van der Waals surface area contributed by atoms with Crippen molar-refractivity contribution in [3.05, 3.63) is 81.1 Å². The summed E-state index contributed by atoms with van der Waals surface area (Å²) in [6.45, 7) is 2.97. The predicted octanol–water partition coefficient (Wildman–Crippen LogP) is 3.84. The van der Waals surface area contributed by atoms with E-state index in [2.05, 4.69) is 5.32 Å². The van der Waals surface area contributed by atoms with E-state index in [1.54, 1.807) is 10.6 Å². The van der Waals surface area contributed by atoms with Gasteiger partial charge in [-0.25, -0.2) is 0 Å². The molecule has 4 nitrogen and oxygen atoms in total. The largest absolute Gasteiger partial charge is 0.352 e. The normalized spacial score (nSPS) is 10.8. The van der Waals surface area contributed by atoms with Gasteiger partial charge in [0.25, 0.3) is 11.5 Å². The average Bonchev–Trinajstić information content (AvgIpc) is 2.62. The van der Waals surface area contributed by atoms with Crippen molar-refractivity contribution in [2.75, 3.05) is 6.54 Å². The summed E-state index contributed by atoms with van der Waals surface area (Å²) in [6.07, 6.45) is 0.843. The van der Waals surface area contributed by atoms with Crippen LogP contribution >= 0.6 is 11.6 Å². The maximum atomic E-state index is 12.7. The molecule has 0 aliphatic rings. The molecule has 0 saturated heterocycles. The van der Waals surface area contributed by atoms with Gasteiger partial charge in [-0.15, -0.1) is 0 Å². The summed E-state index contributed by atoms with van der Waals surface area (Å²) in [5, 5.41) is 4.23. The van der Waals surface area contributed by atoms with Crippen LogP contribution in [-0.4, -0.2) is 17.0 Å². The number of hydrogen-bond donors (Lipinski definition) is 1. The summed E-state index contributed by atoms with van der Waals surface area (Å²) >= 11 is 6.04. The van der Waals surface area contributed by atoms with E-state index >= 15 is 0 Å². The van der Waals surface area contributed by atoms with Gasteiger partial charge >= 0.3 is 0 Å². The van der Waals surface area contributed by atoms with Gasteiger partial charge < -0.3 is 9.88 Å². The lowest BCUT2D eigenvalue weighted by atomic mass is 10.1. The third-order valence-corrected chi connectivity index (χ3v) is 4.26. The molecule has 0 unspecified atom stereocenters. The summed E-state index contributed by atoms with van der Waals surface area (Å²) < 4.78 is 1.66. The second-order valence-corrected chi connectivity index (χ2v) is 6.32. The Hall–Kier alpha value is -2.59. The first-order valence-electron chi connectivity index (χ1n) is 8.25. The molecule has 128 valence electrons. The number of nitrogens with zero attached hydrogens (tertiary/aromatic N) is 1. The molecule has 0 spiro atoms. The van der Waals surface area contributed by atoms with Crippen LogP contribution in [-0.2, 0) is 6.54 Å². The molecule has 1 aromatic heterocycles. The van der Waals surface area contributed by atoms with Crippen molar-refractivity contribution in [2.24, 2.45) is 0 Å². The average molecular weight is 355 g/mol. The molecule has 0 aliphatic carbocycles. The van der Waals surface area contributed by atoms with Crippen LogP contribution in [0.15, 0.2) is 59.4 Å². The molecular weight excluding hydrogens is 336 g/mol. The van der Waals surface area contributed by atoms with Crippen LogP contribution in [0, 0.1) is 0 Å². The van der Waals surface area contributed by atoms with E-state index in [4.69, 9.17) is 11.6 Å². The fraction of sp³-hybridized carbons (Fsp3) is 0.200. The van der Waals surface area contributed by atoms with Crippen molar-refractivity contribution in [3.8, 4) is 0 Å². The number of amides is 1. The first-order valence-corrected chi connectivity index (χ1v) is 8.63. The van der Waals surface area contributed by atoms with Crippen molar-refractivity contribution in [1.82, 2.24) is 9.88 Å². The lowest BCUT2D eigenvalue weighted by molar-refractivity contribution is 0.0955. The number of fused-ring (bicyclic) bond motifs is 1. The van der Waals surface area contributed by atoms with Crippen LogP contribution in [0.25, 0.3) is 10.9 Å². The van der Waals surface area contributed by atoms with Crippen molar-refractivity contribution in [2.45, 2.75) is 19.9 Å². The van der Waals surface area contributed by atoms with Gasteiger partial charge in [-0.05, 0) is 30.2 Å². The highest BCUT2D eigenvalue weighted by Crippen LogP contribution is 2.19. The predicted molar refractivity (Wildman–Crippen MR) is 101 cm³/mol. The monoisotopic (exact) mass is 354 g/mol. The third kappa shape index (κ3) is 3.74. The SMILES string of the molecule is CCCNC(=O)c1cc(=O)n(Cc2cccc(Cl)c2)c2ccccc12. The van der Waals surface area contributed by atoms with Gasteiger partial charge in [0.2, 0.25) is 0 Å². The molecule has 25 heavy (non-hydrogen) atoms. The number of pyridine rings is 1. The van der Waals surface area contributed by atoms with E-state index in [1.807, 2.05) is 49.4 Å². The Balaban J connectivity index is 2.10. The Morgan fingerprint density at radius 3 is 2.68 bits per heavy atom. The lowest BCUT2D eigenvalue weighted by Gasteiger charge is -2.14. The first-order chi connectivity index (χ1) is 12.1. The zero-order chi connectivity index (χ0) is 17.8. The Kier molecular flexibility index (Phi) is 5.19. The smallest absolute Gasteiger partial charge is 0.252 e. The van der Waals surface area contributed by atoms with Crippen LogP contribution in [0.4, 0.5) is 0 Å². The highest BCUT2D eigenvalue weighted by atomic mass is 35.5. The number of benzene rings is 2. The number of carbonyl (C=O) groups is 1. The van der Waals surface area contributed by atoms with Gasteiger partial charge in [-0.3, -0.25) is 9.59 Å². The molecule has 0 bridgehead atoms. The first kappa shape index (κ1) is 17.2. The lowest BCUT2D eigenvalue weighted by Crippen LogP contribution is -2.28. The number of nitrogens with one attached hydrogen (secondary N) is 1. The fourth-order valence-electron chi connectivity index (χ4n) is 2.84. The Labute approximate surface area is 151 Å². The molecular formula is C20H19ClN2O2. The van der Waals surface area contributed by atoms with Gasteiger partial charge in [0.15, 0.2) is 0 Å². The molecule has 0 atom stereocenters. The quantitative estimate of drug-likeness (QED) is 0.756. The van der Waals surface area contributed by atoms with Crippen molar-refractivity contribution < 1.29 is 4.79 Å². The summed E-state index contributed by atoms with van der Waals surface area (Å²) in [5.74, 6) is -0.218. The minimum absolute atomic E-state index is 0.208. The van der Waals surface area contributed by atoms with Crippen molar-refractivity contribution >= 4 is 28.4 Å². The van der Waals surface area contributed by atoms with E-state index in [0.717, 1.165) is 22.9 Å². The van der Waals surface area contributed by atoms with Crippen LogP contribution in [0.2, 0.25) is 5.02 Å². The number of para-hydroxylation sites is 1. The van der Waals surface area contributed by atoms with Gasteiger partial charge in [0.1, 0.15) is 0 Å². The minimum atomic E-state index is -0.218. The molecule has 0 fully saturated rings. The number of rotatable bonds is 5. The summed E-state index contributed by atoms with van der Waals surface area (Å²) in [6, 6.07) is 16.3. The third-order valence-electron chi connectivity index (χ3n) is 4.03. The Morgan fingerprint density at radius 2 is 1.92 bits per heavy atom. The van der Waals surface area contributed by atoms with Gasteiger partial charge in [0.05, 0.1) is 17.6 Å². The summed E-state index contributed by atoms with van der Waals surface area (Å²) in [4.78, 5) is 25.1. The molecule has 5 heteroatoms. The highest BCUT2D eigenvalue weighted by Gasteiger charge is 2.14. The van der Waals surface area contributed by atoms with Gasteiger partial charge in [-0.1, -0.05) is 48.9 Å². The topological polar surface area (TPSA) is 51.1 Å². The van der Waals surface area contributed by atoms with Crippen LogP contribution in [0.1, 0.15) is 29.3 Å². The Morgan fingerprint density at radius 1 is 1.12 bits per heavy atom. The Bertz CT molecular complexity index is 979. The summed E-state index contributed by atoms with van der Waals surface area (Å²) in [7, 11) is 0. The van der Waals surface area contributed by atoms with E-state index in [1.165, 1.54) is 6.07 Å². The number of hydrogen-bond acceptors (Lipinski definition) is 2. The van der Waals surface area contributed by atoms with Gasteiger partial charge in [0, 0.05) is 23.0 Å². The van der Waals surface area contributed by atoms with E-state index in [0.29, 0.717) is 23.7 Å². The fourth-order valence-corrected chi connectivity index (χ4v) is 3.05. The number of aromatic nitrogens is 1. The maximum absolute atomic E-state index is 12.7. The molecule has 1 heterocycles. The maximum Gasteiger partial charge on any atom is 0.252 e. The standard InChI is InChI=1S/C20H19ClN2O2/c1-2-10-22-20(25)17-12-19(24)23(18-9-4-3-8-16(17)18)13-14-6-5-7-15(21)11-14/h3-9,11-12H,2,10,13H2,1H3,(H,22,25). The second kappa shape index (κ2) is 7.53. The van der Waals surface area contributed by atoms with E-state index in [9.17, 15) is 9.59 Å². The molecule has 0 aliphatic heterocycles. The van der Waals surface area contributed by atoms with Crippen molar-refractivity contribution in [3.63, 3.8) is 0 Å². The molecule has 3 rings (SSSR count). The molecule has 3 aromatic rings. The molecule has 1 amide bonds. The molecule has 1 N–H and O–H groups in total. The molecule has 0 saturated carbocycles. The number of halogens is 1. The van der Waals surface area contributed by atoms with Crippen molar-refractivity contribution in [1.29, 1.82) is 0 Å². The van der Waals surface area contributed by atoms with Crippen LogP contribution in [0.3, 0.4) is 0 Å². The molecule has 0 radical (unpaired) electrons. The summed E-state index contributed by atoms with van der Waals surface area (Å²) in [5.41, 5.74) is 1.87. The minimum Gasteiger partial charge on any atom is -0.352 e. The van der Waals surface area contributed by atoms with E-state index in [-0.39, 0.29) is 11.5 Å².